The number of carbonyl (C=O) groups is 2. The van der Waals surface area contributed by atoms with Crippen molar-refractivity contribution < 1.29 is 14.7 Å². The van der Waals surface area contributed by atoms with Gasteiger partial charge in [0.1, 0.15) is 0 Å². The molecule has 1 saturated heterocycles. The molecule has 3 rings (SSSR count). The molecule has 5 nitrogen and oxygen atoms in total. The first-order chi connectivity index (χ1) is 9.66. The van der Waals surface area contributed by atoms with E-state index in [2.05, 4.69) is 0 Å². The van der Waals surface area contributed by atoms with Crippen LogP contribution in [0.1, 0.15) is 35.2 Å². The first-order valence-electron chi connectivity index (χ1n) is 7.09. The molecule has 0 spiro atoms. The Hall–Kier alpha value is -2.04. The molecule has 2 aliphatic rings. The van der Waals surface area contributed by atoms with E-state index in [1.54, 1.807) is 23.1 Å². The maximum atomic E-state index is 12.5. The summed E-state index contributed by atoms with van der Waals surface area (Å²) in [5.74, 6) is -0.921. The lowest BCUT2D eigenvalue weighted by molar-refractivity contribution is 0.0696. The van der Waals surface area contributed by atoms with Crippen LogP contribution in [0, 0.1) is 0 Å². The number of aryl methyl sites for hydroxylation is 1. The Balaban J connectivity index is 1.89. The van der Waals surface area contributed by atoms with E-state index >= 15 is 0 Å². The van der Waals surface area contributed by atoms with Gasteiger partial charge in [-0.05, 0) is 49.4 Å². The number of hydrogen-bond acceptors (Lipinski definition) is 2. The average molecular weight is 274 g/mol. The van der Waals surface area contributed by atoms with Gasteiger partial charge in [0.25, 0.3) is 0 Å². The summed E-state index contributed by atoms with van der Waals surface area (Å²) < 4.78 is 0. The second kappa shape index (κ2) is 5.15. The zero-order valence-corrected chi connectivity index (χ0v) is 11.3. The van der Waals surface area contributed by atoms with Crippen molar-refractivity contribution in [2.75, 3.05) is 24.5 Å². The molecular formula is C15H18N2O3. The van der Waals surface area contributed by atoms with E-state index < -0.39 is 5.97 Å². The molecule has 0 aliphatic carbocycles. The van der Waals surface area contributed by atoms with E-state index in [4.69, 9.17) is 5.11 Å². The van der Waals surface area contributed by atoms with Crippen LogP contribution in [-0.4, -0.2) is 41.6 Å². The van der Waals surface area contributed by atoms with E-state index in [0.29, 0.717) is 5.56 Å². The molecule has 0 unspecified atom stereocenters. The van der Waals surface area contributed by atoms with Crippen LogP contribution in [0.5, 0.6) is 0 Å². The van der Waals surface area contributed by atoms with Gasteiger partial charge in [-0.3, -0.25) is 4.90 Å². The standard InChI is InChI=1S/C15H18N2O3/c18-14(19)12-5-6-13-11(10-12)4-3-9-17(13)15(20)16-7-1-2-8-16/h5-6,10H,1-4,7-9H2,(H,18,19). The molecule has 0 radical (unpaired) electrons. The number of urea groups is 1. The molecule has 1 N–H and O–H groups in total. The Morgan fingerprint density at radius 1 is 1.05 bits per heavy atom. The minimum Gasteiger partial charge on any atom is -0.478 e. The van der Waals surface area contributed by atoms with Crippen molar-refractivity contribution in [1.82, 2.24) is 4.90 Å². The number of carboxylic acid groups (broad SMARTS) is 1. The largest absolute Gasteiger partial charge is 0.478 e. The highest BCUT2D eigenvalue weighted by atomic mass is 16.4. The van der Waals surface area contributed by atoms with Crippen molar-refractivity contribution in [3.05, 3.63) is 29.3 Å². The molecule has 106 valence electrons. The lowest BCUT2D eigenvalue weighted by atomic mass is 9.99. The monoisotopic (exact) mass is 274 g/mol. The van der Waals surface area contributed by atoms with Gasteiger partial charge in [0.05, 0.1) is 5.56 Å². The van der Waals surface area contributed by atoms with Crippen molar-refractivity contribution in [3.8, 4) is 0 Å². The Kier molecular flexibility index (Phi) is 3.34. The number of benzene rings is 1. The van der Waals surface area contributed by atoms with Crippen LogP contribution < -0.4 is 4.90 Å². The van der Waals surface area contributed by atoms with Crippen molar-refractivity contribution >= 4 is 17.7 Å². The molecule has 0 atom stereocenters. The number of fused-ring (bicyclic) bond motifs is 1. The predicted octanol–water partition coefficient (Wildman–Crippen LogP) is 2.35. The molecule has 0 saturated carbocycles. The lowest BCUT2D eigenvalue weighted by Gasteiger charge is -2.32. The zero-order valence-electron chi connectivity index (χ0n) is 11.3. The minimum atomic E-state index is -0.921. The van der Waals surface area contributed by atoms with Gasteiger partial charge in [-0.25, -0.2) is 9.59 Å². The molecule has 2 heterocycles. The maximum absolute atomic E-state index is 12.5. The fraction of sp³-hybridized carbons (Fsp3) is 0.467. The number of carboxylic acids is 1. The van der Waals surface area contributed by atoms with Gasteiger partial charge < -0.3 is 10.0 Å². The number of anilines is 1. The van der Waals surface area contributed by atoms with E-state index in [0.717, 1.165) is 56.6 Å². The fourth-order valence-corrected chi connectivity index (χ4v) is 3.01. The summed E-state index contributed by atoms with van der Waals surface area (Å²) in [7, 11) is 0. The van der Waals surface area contributed by atoms with Gasteiger partial charge in [0.15, 0.2) is 0 Å². The highest BCUT2D eigenvalue weighted by Gasteiger charge is 2.28. The number of likely N-dealkylation sites (tertiary alicyclic amines) is 1. The van der Waals surface area contributed by atoms with Gasteiger partial charge in [-0.1, -0.05) is 0 Å². The topological polar surface area (TPSA) is 60.9 Å². The molecule has 2 aliphatic heterocycles. The molecular weight excluding hydrogens is 256 g/mol. The van der Waals surface area contributed by atoms with Crippen molar-refractivity contribution in [3.63, 3.8) is 0 Å². The third-order valence-corrected chi connectivity index (χ3v) is 4.05. The normalized spacial score (nSPS) is 18.0. The summed E-state index contributed by atoms with van der Waals surface area (Å²) in [4.78, 5) is 27.2. The van der Waals surface area contributed by atoms with Gasteiger partial charge in [0, 0.05) is 25.3 Å². The summed E-state index contributed by atoms with van der Waals surface area (Å²) in [6, 6.07) is 5.11. The number of rotatable bonds is 1. The molecule has 2 amide bonds. The Morgan fingerprint density at radius 2 is 1.80 bits per heavy atom. The summed E-state index contributed by atoms with van der Waals surface area (Å²) in [6.45, 7) is 2.38. The molecule has 5 heteroatoms. The summed E-state index contributed by atoms with van der Waals surface area (Å²) in [5, 5.41) is 9.05. The van der Waals surface area contributed by atoms with Crippen molar-refractivity contribution in [2.24, 2.45) is 0 Å². The summed E-state index contributed by atoms with van der Waals surface area (Å²) in [6.07, 6.45) is 3.87. The van der Waals surface area contributed by atoms with Crippen LogP contribution >= 0.6 is 0 Å². The third-order valence-electron chi connectivity index (χ3n) is 4.05. The van der Waals surface area contributed by atoms with Gasteiger partial charge in [-0.2, -0.15) is 0 Å². The number of aromatic carboxylic acids is 1. The van der Waals surface area contributed by atoms with Crippen LogP contribution in [0.25, 0.3) is 0 Å². The molecule has 20 heavy (non-hydrogen) atoms. The van der Waals surface area contributed by atoms with E-state index in [-0.39, 0.29) is 6.03 Å². The average Bonchev–Trinajstić information content (AvgIpc) is 2.99. The molecule has 1 aromatic rings. The zero-order chi connectivity index (χ0) is 14.1. The minimum absolute atomic E-state index is 0.0616. The van der Waals surface area contributed by atoms with E-state index in [1.165, 1.54) is 0 Å². The molecule has 1 aromatic carbocycles. The van der Waals surface area contributed by atoms with Crippen molar-refractivity contribution in [1.29, 1.82) is 0 Å². The second-order valence-corrected chi connectivity index (χ2v) is 5.38. The highest BCUT2D eigenvalue weighted by Crippen LogP contribution is 2.29. The van der Waals surface area contributed by atoms with Gasteiger partial charge in [0.2, 0.25) is 0 Å². The number of hydrogen-bond donors (Lipinski definition) is 1. The molecule has 1 fully saturated rings. The van der Waals surface area contributed by atoms with Gasteiger partial charge >= 0.3 is 12.0 Å². The third kappa shape index (κ3) is 2.24. The highest BCUT2D eigenvalue weighted by molar-refractivity contribution is 5.95. The first-order valence-corrected chi connectivity index (χ1v) is 7.09. The molecule has 0 bridgehead atoms. The Labute approximate surface area is 117 Å². The molecule has 0 aromatic heterocycles. The summed E-state index contributed by atoms with van der Waals surface area (Å²) >= 11 is 0. The van der Waals surface area contributed by atoms with Crippen LogP contribution in [0.4, 0.5) is 10.5 Å². The van der Waals surface area contributed by atoms with E-state index in [9.17, 15) is 9.59 Å². The van der Waals surface area contributed by atoms with E-state index in [1.807, 2.05) is 4.90 Å². The SMILES string of the molecule is O=C(O)c1ccc2c(c1)CCCN2C(=O)N1CCCC1. The Bertz CT molecular complexity index is 550. The predicted molar refractivity (Wildman–Crippen MR) is 75.3 cm³/mol. The fourth-order valence-electron chi connectivity index (χ4n) is 3.01. The second-order valence-electron chi connectivity index (χ2n) is 5.38. The van der Waals surface area contributed by atoms with Crippen LogP contribution in [0.15, 0.2) is 18.2 Å². The van der Waals surface area contributed by atoms with Crippen molar-refractivity contribution in [2.45, 2.75) is 25.7 Å². The lowest BCUT2D eigenvalue weighted by Crippen LogP contribution is -2.44. The van der Waals surface area contributed by atoms with Crippen LogP contribution in [0.2, 0.25) is 0 Å². The summed E-state index contributed by atoms with van der Waals surface area (Å²) in [5.41, 5.74) is 2.13. The number of carbonyl (C=O) groups excluding carboxylic acids is 1. The van der Waals surface area contributed by atoms with Crippen LogP contribution in [0.3, 0.4) is 0 Å². The maximum Gasteiger partial charge on any atom is 0.335 e. The smallest absolute Gasteiger partial charge is 0.335 e. The number of nitrogens with zero attached hydrogens (tertiary/aromatic N) is 2. The quantitative estimate of drug-likeness (QED) is 0.855. The van der Waals surface area contributed by atoms with Crippen LogP contribution in [-0.2, 0) is 6.42 Å². The number of amides is 2. The Morgan fingerprint density at radius 3 is 2.50 bits per heavy atom. The van der Waals surface area contributed by atoms with Gasteiger partial charge in [-0.15, -0.1) is 0 Å². The first kappa shape index (κ1) is 13.0.